The highest BCUT2D eigenvalue weighted by Crippen LogP contribution is 2.16. The Labute approximate surface area is 138 Å². The third kappa shape index (κ3) is 3.84. The number of carbonyl (C=O) groups is 1. The van der Waals surface area contributed by atoms with Crippen molar-refractivity contribution in [2.24, 2.45) is 5.10 Å². The quantitative estimate of drug-likeness (QED) is 0.569. The number of halogens is 1. The first-order chi connectivity index (χ1) is 11.2. The predicted molar refractivity (Wildman–Crippen MR) is 90.5 cm³/mol. The van der Waals surface area contributed by atoms with Gasteiger partial charge in [0.1, 0.15) is 5.69 Å². The van der Waals surface area contributed by atoms with E-state index >= 15 is 0 Å². The average Bonchev–Trinajstić information content (AvgIpc) is 3.06. The average molecular weight is 325 g/mol. The first-order valence-electron chi connectivity index (χ1n) is 6.92. The van der Waals surface area contributed by atoms with E-state index in [1.165, 1.54) is 6.21 Å². The molecule has 5 nitrogen and oxygen atoms in total. The monoisotopic (exact) mass is 324 g/mol. The fourth-order valence-corrected chi connectivity index (χ4v) is 2.21. The van der Waals surface area contributed by atoms with Gasteiger partial charge in [0.25, 0.3) is 5.91 Å². The van der Waals surface area contributed by atoms with Gasteiger partial charge in [-0.05, 0) is 23.8 Å². The van der Waals surface area contributed by atoms with E-state index in [0.29, 0.717) is 16.4 Å². The summed E-state index contributed by atoms with van der Waals surface area (Å²) in [6.07, 6.45) is 1.53. The molecule has 3 aromatic rings. The molecule has 0 fully saturated rings. The number of aromatic nitrogens is 2. The maximum Gasteiger partial charge on any atom is 0.289 e. The van der Waals surface area contributed by atoms with Crippen LogP contribution >= 0.6 is 11.6 Å². The van der Waals surface area contributed by atoms with Gasteiger partial charge >= 0.3 is 0 Å². The summed E-state index contributed by atoms with van der Waals surface area (Å²) in [5.41, 5.74) is 5.22. The maximum absolute atomic E-state index is 12.0. The largest absolute Gasteiger partial charge is 0.289 e. The topological polar surface area (TPSA) is 70.1 Å². The zero-order valence-electron chi connectivity index (χ0n) is 12.0. The highest BCUT2D eigenvalue weighted by molar-refractivity contribution is 6.30. The van der Waals surface area contributed by atoms with Crippen molar-refractivity contribution in [3.8, 4) is 11.3 Å². The van der Waals surface area contributed by atoms with Crippen LogP contribution in [0.25, 0.3) is 11.3 Å². The molecule has 1 heterocycles. The van der Waals surface area contributed by atoms with E-state index in [1.54, 1.807) is 18.2 Å². The van der Waals surface area contributed by atoms with Crippen LogP contribution in [0.4, 0.5) is 0 Å². The van der Waals surface area contributed by atoms with Crippen molar-refractivity contribution >= 4 is 23.7 Å². The number of rotatable bonds is 4. The lowest BCUT2D eigenvalue weighted by molar-refractivity contribution is 0.0950. The van der Waals surface area contributed by atoms with Crippen LogP contribution in [-0.2, 0) is 0 Å². The molecule has 2 aromatic carbocycles. The Kier molecular flexibility index (Phi) is 4.49. The van der Waals surface area contributed by atoms with Crippen molar-refractivity contribution in [3.05, 3.63) is 76.9 Å². The number of hydrogen-bond acceptors (Lipinski definition) is 3. The molecule has 0 spiro atoms. The highest BCUT2D eigenvalue weighted by atomic mass is 35.5. The van der Waals surface area contributed by atoms with E-state index in [1.807, 2.05) is 42.5 Å². The second kappa shape index (κ2) is 6.89. The number of nitrogens with zero attached hydrogens (tertiary/aromatic N) is 2. The summed E-state index contributed by atoms with van der Waals surface area (Å²) in [4.78, 5) is 12.0. The van der Waals surface area contributed by atoms with E-state index in [9.17, 15) is 4.79 Å². The van der Waals surface area contributed by atoms with Gasteiger partial charge in [0.2, 0.25) is 0 Å². The molecular weight excluding hydrogens is 312 g/mol. The molecule has 6 heteroatoms. The van der Waals surface area contributed by atoms with Crippen molar-refractivity contribution in [1.29, 1.82) is 0 Å². The smallest absolute Gasteiger partial charge is 0.272 e. The van der Waals surface area contributed by atoms with E-state index in [0.717, 1.165) is 11.1 Å². The van der Waals surface area contributed by atoms with Crippen LogP contribution in [0.5, 0.6) is 0 Å². The van der Waals surface area contributed by atoms with Crippen molar-refractivity contribution < 1.29 is 4.79 Å². The Morgan fingerprint density at radius 3 is 2.74 bits per heavy atom. The number of benzene rings is 2. The fourth-order valence-electron chi connectivity index (χ4n) is 2.01. The second-order valence-corrected chi connectivity index (χ2v) is 5.22. The van der Waals surface area contributed by atoms with Gasteiger partial charge in [0.05, 0.1) is 11.9 Å². The highest BCUT2D eigenvalue weighted by Gasteiger charge is 2.09. The van der Waals surface area contributed by atoms with E-state index in [-0.39, 0.29) is 5.91 Å². The zero-order valence-corrected chi connectivity index (χ0v) is 12.8. The summed E-state index contributed by atoms with van der Waals surface area (Å²) in [5.74, 6) is -0.363. The fraction of sp³-hybridized carbons (Fsp3) is 0. The summed E-state index contributed by atoms with van der Waals surface area (Å²) in [6.45, 7) is 0. The van der Waals surface area contributed by atoms with Crippen LogP contribution in [0.3, 0.4) is 0 Å². The summed E-state index contributed by atoms with van der Waals surface area (Å²) in [5, 5.41) is 11.4. The Bertz CT molecular complexity index is 843. The van der Waals surface area contributed by atoms with Crippen LogP contribution in [0.1, 0.15) is 16.1 Å². The minimum Gasteiger partial charge on any atom is -0.272 e. The molecular formula is C17H13ClN4O. The molecule has 0 saturated heterocycles. The number of carbonyl (C=O) groups excluding carboxylic acids is 1. The third-order valence-electron chi connectivity index (χ3n) is 3.12. The summed E-state index contributed by atoms with van der Waals surface area (Å²) >= 11 is 5.88. The van der Waals surface area contributed by atoms with Gasteiger partial charge in [-0.25, -0.2) is 5.43 Å². The lowest BCUT2D eigenvalue weighted by Crippen LogP contribution is -2.17. The van der Waals surface area contributed by atoms with Gasteiger partial charge < -0.3 is 0 Å². The molecule has 114 valence electrons. The first-order valence-corrected chi connectivity index (χ1v) is 7.30. The molecule has 1 aromatic heterocycles. The molecule has 3 rings (SSSR count). The number of hydrazone groups is 1. The molecule has 0 aliphatic carbocycles. The molecule has 0 saturated carbocycles. The third-order valence-corrected chi connectivity index (χ3v) is 3.36. The van der Waals surface area contributed by atoms with Gasteiger partial charge in [-0.1, -0.05) is 54.1 Å². The van der Waals surface area contributed by atoms with Gasteiger partial charge in [-0.3, -0.25) is 9.89 Å². The van der Waals surface area contributed by atoms with E-state index in [4.69, 9.17) is 11.6 Å². The second-order valence-electron chi connectivity index (χ2n) is 4.79. The summed E-state index contributed by atoms with van der Waals surface area (Å²) in [7, 11) is 0. The van der Waals surface area contributed by atoms with Gasteiger partial charge in [-0.2, -0.15) is 10.2 Å². The van der Waals surface area contributed by atoms with Crippen LogP contribution in [0.2, 0.25) is 5.02 Å². The van der Waals surface area contributed by atoms with E-state index in [2.05, 4.69) is 20.7 Å². The van der Waals surface area contributed by atoms with Crippen LogP contribution < -0.4 is 5.43 Å². The first kappa shape index (κ1) is 15.0. The normalized spacial score (nSPS) is 10.8. The molecule has 23 heavy (non-hydrogen) atoms. The van der Waals surface area contributed by atoms with Gasteiger partial charge in [0, 0.05) is 10.6 Å². The van der Waals surface area contributed by atoms with Gasteiger partial charge in [-0.15, -0.1) is 0 Å². The number of amides is 1. The predicted octanol–water partition coefficient (Wildman–Crippen LogP) is 3.49. The molecule has 2 N–H and O–H groups in total. The summed E-state index contributed by atoms with van der Waals surface area (Å²) in [6, 6.07) is 18.5. The Morgan fingerprint density at radius 1 is 1.13 bits per heavy atom. The van der Waals surface area contributed by atoms with Crippen molar-refractivity contribution in [2.75, 3.05) is 0 Å². The molecule has 0 atom stereocenters. The SMILES string of the molecule is O=C(N/N=C\c1cccc(Cl)c1)c1cc(-c2ccccc2)n[nH]1. The lowest BCUT2D eigenvalue weighted by Gasteiger charge is -1.96. The molecule has 0 radical (unpaired) electrons. The standard InChI is InChI=1S/C17H13ClN4O/c18-14-8-4-5-12(9-14)11-19-22-17(23)16-10-15(20-21-16)13-6-2-1-3-7-13/h1-11H,(H,20,21)(H,22,23)/b19-11-. The maximum atomic E-state index is 12.0. The van der Waals surface area contributed by atoms with Crippen LogP contribution in [-0.4, -0.2) is 22.3 Å². The Hall–Kier alpha value is -2.92. The van der Waals surface area contributed by atoms with Crippen LogP contribution in [0.15, 0.2) is 65.8 Å². The van der Waals surface area contributed by atoms with Crippen molar-refractivity contribution in [3.63, 3.8) is 0 Å². The minimum atomic E-state index is -0.363. The van der Waals surface area contributed by atoms with Crippen LogP contribution in [0, 0.1) is 0 Å². The summed E-state index contributed by atoms with van der Waals surface area (Å²) < 4.78 is 0. The van der Waals surface area contributed by atoms with Crippen molar-refractivity contribution in [2.45, 2.75) is 0 Å². The number of aromatic amines is 1. The molecule has 1 amide bonds. The van der Waals surface area contributed by atoms with Gasteiger partial charge in [0.15, 0.2) is 0 Å². The minimum absolute atomic E-state index is 0.340. The Balaban J connectivity index is 1.66. The lowest BCUT2D eigenvalue weighted by atomic mass is 10.1. The van der Waals surface area contributed by atoms with E-state index < -0.39 is 0 Å². The zero-order chi connectivity index (χ0) is 16.1. The molecule has 0 unspecified atom stereocenters. The number of H-pyrrole nitrogens is 1. The molecule has 0 aliphatic rings. The molecule has 0 bridgehead atoms. The molecule has 0 aliphatic heterocycles. The number of nitrogens with one attached hydrogen (secondary N) is 2. The van der Waals surface area contributed by atoms with Crippen molar-refractivity contribution in [1.82, 2.24) is 15.6 Å². The Morgan fingerprint density at radius 2 is 1.96 bits per heavy atom. The number of hydrogen-bond donors (Lipinski definition) is 2.